The molecule has 0 saturated heterocycles. The topological polar surface area (TPSA) is 56.3 Å². The van der Waals surface area contributed by atoms with E-state index in [1.807, 2.05) is 19.9 Å². The lowest BCUT2D eigenvalue weighted by Gasteiger charge is -2.09. The first-order chi connectivity index (χ1) is 8.99. The van der Waals surface area contributed by atoms with Gasteiger partial charge in [0.1, 0.15) is 10.6 Å². The van der Waals surface area contributed by atoms with Crippen LogP contribution >= 0.6 is 0 Å². The second-order valence-electron chi connectivity index (χ2n) is 4.45. The molecule has 1 aromatic heterocycles. The van der Waals surface area contributed by atoms with Gasteiger partial charge in [-0.05, 0) is 35.7 Å². The Balaban J connectivity index is 2.29. The number of nitrogens with zero attached hydrogens (tertiary/aromatic N) is 1. The monoisotopic (exact) mass is 277 g/mol. The van der Waals surface area contributed by atoms with Crippen molar-refractivity contribution < 1.29 is 12.6 Å². The van der Waals surface area contributed by atoms with Crippen molar-refractivity contribution >= 4 is 10.1 Å². The van der Waals surface area contributed by atoms with Crippen LogP contribution in [0.15, 0.2) is 53.7 Å². The highest BCUT2D eigenvalue weighted by Crippen LogP contribution is 2.23. The normalized spacial score (nSPS) is 11.5. The van der Waals surface area contributed by atoms with Crippen LogP contribution in [-0.2, 0) is 10.1 Å². The van der Waals surface area contributed by atoms with E-state index in [1.165, 1.54) is 18.5 Å². The Labute approximate surface area is 113 Å². The summed E-state index contributed by atoms with van der Waals surface area (Å²) in [7, 11) is -3.82. The third-order valence-corrected chi connectivity index (χ3v) is 3.88. The van der Waals surface area contributed by atoms with Crippen molar-refractivity contribution in [3.63, 3.8) is 0 Å². The number of rotatable bonds is 4. The van der Waals surface area contributed by atoms with E-state index in [4.69, 9.17) is 4.18 Å². The summed E-state index contributed by atoms with van der Waals surface area (Å²) in [4.78, 5) is 3.83. The maximum atomic E-state index is 12.0. The minimum atomic E-state index is -3.82. The van der Waals surface area contributed by atoms with Gasteiger partial charge >= 0.3 is 10.1 Å². The second kappa shape index (κ2) is 5.40. The molecule has 19 heavy (non-hydrogen) atoms. The van der Waals surface area contributed by atoms with E-state index in [1.54, 1.807) is 24.3 Å². The van der Waals surface area contributed by atoms with Gasteiger partial charge in [-0.15, -0.1) is 0 Å². The Morgan fingerprint density at radius 2 is 1.95 bits per heavy atom. The van der Waals surface area contributed by atoms with Crippen LogP contribution in [0, 0.1) is 0 Å². The standard InChI is InChI=1S/C14H15NO3S/c1-11(2)12-5-3-6-13(9-12)18-19(16,17)14-7-4-8-15-10-14/h3-11H,1-2H3. The summed E-state index contributed by atoms with van der Waals surface area (Å²) in [5.41, 5.74) is 1.03. The third-order valence-electron chi connectivity index (χ3n) is 2.65. The highest BCUT2D eigenvalue weighted by Gasteiger charge is 2.16. The van der Waals surface area contributed by atoms with Crippen LogP contribution in [0.5, 0.6) is 5.75 Å². The molecule has 0 atom stereocenters. The minimum Gasteiger partial charge on any atom is -0.379 e. The largest absolute Gasteiger partial charge is 0.379 e. The Morgan fingerprint density at radius 3 is 2.58 bits per heavy atom. The molecule has 0 aliphatic heterocycles. The molecular weight excluding hydrogens is 262 g/mol. The molecule has 5 heteroatoms. The predicted octanol–water partition coefficient (Wildman–Crippen LogP) is 2.97. The van der Waals surface area contributed by atoms with Crippen molar-refractivity contribution in [2.75, 3.05) is 0 Å². The van der Waals surface area contributed by atoms with Gasteiger partial charge in [-0.1, -0.05) is 26.0 Å². The Hall–Kier alpha value is -1.88. The average Bonchev–Trinajstić information content (AvgIpc) is 2.39. The van der Waals surface area contributed by atoms with Gasteiger partial charge in [0.2, 0.25) is 0 Å². The van der Waals surface area contributed by atoms with Crippen LogP contribution < -0.4 is 4.18 Å². The van der Waals surface area contributed by atoms with E-state index in [-0.39, 0.29) is 4.90 Å². The SMILES string of the molecule is CC(C)c1cccc(OS(=O)(=O)c2cccnc2)c1. The maximum Gasteiger partial charge on any atom is 0.340 e. The first-order valence-electron chi connectivity index (χ1n) is 5.93. The number of aromatic nitrogens is 1. The predicted molar refractivity (Wildman–Crippen MR) is 72.6 cm³/mol. The summed E-state index contributed by atoms with van der Waals surface area (Å²) in [5.74, 6) is 0.625. The van der Waals surface area contributed by atoms with Crippen LogP contribution in [-0.4, -0.2) is 13.4 Å². The van der Waals surface area contributed by atoms with E-state index in [9.17, 15) is 8.42 Å². The molecule has 0 amide bonds. The summed E-state index contributed by atoms with van der Waals surface area (Å²) >= 11 is 0. The highest BCUT2D eigenvalue weighted by atomic mass is 32.2. The van der Waals surface area contributed by atoms with Crippen LogP contribution in [0.1, 0.15) is 25.3 Å². The van der Waals surface area contributed by atoms with Gasteiger partial charge in [-0.25, -0.2) is 0 Å². The van der Waals surface area contributed by atoms with Crippen molar-refractivity contribution in [3.8, 4) is 5.75 Å². The second-order valence-corrected chi connectivity index (χ2v) is 6.00. The highest BCUT2D eigenvalue weighted by molar-refractivity contribution is 7.87. The number of hydrogen-bond donors (Lipinski definition) is 0. The molecule has 1 aromatic carbocycles. The van der Waals surface area contributed by atoms with Crippen molar-refractivity contribution in [3.05, 3.63) is 54.4 Å². The molecule has 100 valence electrons. The molecule has 4 nitrogen and oxygen atoms in total. The molecule has 0 bridgehead atoms. The molecule has 0 spiro atoms. The number of hydrogen-bond acceptors (Lipinski definition) is 4. The first kappa shape index (κ1) is 13.5. The van der Waals surface area contributed by atoms with Gasteiger partial charge in [-0.3, -0.25) is 4.98 Å². The molecule has 0 saturated carbocycles. The molecule has 0 N–H and O–H groups in total. The molecule has 2 aromatic rings. The molecule has 0 unspecified atom stereocenters. The summed E-state index contributed by atoms with van der Waals surface area (Å²) in [5, 5.41) is 0. The average molecular weight is 277 g/mol. The fraction of sp³-hybridized carbons (Fsp3) is 0.214. The fourth-order valence-corrected chi connectivity index (χ4v) is 2.48. The lowest BCUT2D eigenvalue weighted by atomic mass is 10.0. The zero-order valence-corrected chi connectivity index (χ0v) is 11.6. The van der Waals surface area contributed by atoms with E-state index < -0.39 is 10.1 Å². The minimum absolute atomic E-state index is 0.0463. The quantitative estimate of drug-likeness (QED) is 0.806. The van der Waals surface area contributed by atoms with Crippen molar-refractivity contribution in [1.82, 2.24) is 4.98 Å². The van der Waals surface area contributed by atoms with Crippen molar-refractivity contribution in [2.24, 2.45) is 0 Å². The molecule has 0 aliphatic rings. The molecule has 2 rings (SSSR count). The molecular formula is C14H15NO3S. The van der Waals surface area contributed by atoms with Crippen LogP contribution in [0.25, 0.3) is 0 Å². The van der Waals surface area contributed by atoms with E-state index in [0.29, 0.717) is 11.7 Å². The first-order valence-corrected chi connectivity index (χ1v) is 7.34. The van der Waals surface area contributed by atoms with Crippen LogP contribution in [0.4, 0.5) is 0 Å². The lowest BCUT2D eigenvalue weighted by molar-refractivity contribution is 0.485. The zero-order chi connectivity index (χ0) is 13.9. The lowest BCUT2D eigenvalue weighted by Crippen LogP contribution is -2.10. The number of pyridine rings is 1. The van der Waals surface area contributed by atoms with Crippen LogP contribution in [0.3, 0.4) is 0 Å². The third kappa shape index (κ3) is 3.32. The Kier molecular flexibility index (Phi) is 3.85. The van der Waals surface area contributed by atoms with Crippen molar-refractivity contribution in [1.29, 1.82) is 0 Å². The molecule has 0 fully saturated rings. The number of benzene rings is 1. The summed E-state index contributed by atoms with van der Waals surface area (Å²) in [6.45, 7) is 4.07. The summed E-state index contributed by atoms with van der Waals surface area (Å²) in [6, 6.07) is 10.1. The smallest absolute Gasteiger partial charge is 0.340 e. The van der Waals surface area contributed by atoms with E-state index in [2.05, 4.69) is 4.98 Å². The van der Waals surface area contributed by atoms with Gasteiger partial charge in [0.05, 0.1) is 0 Å². The van der Waals surface area contributed by atoms with E-state index in [0.717, 1.165) is 5.56 Å². The van der Waals surface area contributed by atoms with Gasteiger partial charge < -0.3 is 4.18 Å². The summed E-state index contributed by atoms with van der Waals surface area (Å²) < 4.78 is 29.2. The van der Waals surface area contributed by atoms with Crippen molar-refractivity contribution in [2.45, 2.75) is 24.7 Å². The Bertz CT molecular complexity index is 651. The molecule has 0 radical (unpaired) electrons. The van der Waals surface area contributed by atoms with Gasteiger partial charge in [0.25, 0.3) is 0 Å². The van der Waals surface area contributed by atoms with E-state index >= 15 is 0 Å². The fourth-order valence-electron chi connectivity index (χ4n) is 1.60. The van der Waals surface area contributed by atoms with Crippen LogP contribution in [0.2, 0.25) is 0 Å². The zero-order valence-electron chi connectivity index (χ0n) is 10.8. The maximum absolute atomic E-state index is 12.0. The summed E-state index contributed by atoms with van der Waals surface area (Å²) in [6.07, 6.45) is 2.78. The molecule has 0 aliphatic carbocycles. The Morgan fingerprint density at radius 1 is 1.16 bits per heavy atom. The van der Waals surface area contributed by atoms with Gasteiger partial charge in [0.15, 0.2) is 0 Å². The molecule has 1 heterocycles. The van der Waals surface area contributed by atoms with Gasteiger partial charge in [-0.2, -0.15) is 8.42 Å². The van der Waals surface area contributed by atoms with Gasteiger partial charge in [0, 0.05) is 12.4 Å².